The molecule has 2 aromatic rings. The Morgan fingerprint density at radius 1 is 1.32 bits per heavy atom. The molecular weight excluding hydrogens is 400 g/mol. The number of nitrogens with one attached hydrogen (secondary N) is 1. The van der Waals surface area contributed by atoms with Gasteiger partial charge in [0.15, 0.2) is 17.5 Å². The number of phenols is 1. The second kappa shape index (κ2) is 8.42. The van der Waals surface area contributed by atoms with Gasteiger partial charge in [-0.1, -0.05) is 12.1 Å². The molecule has 0 spiro atoms. The SMILES string of the molecule is COc1cccc(NC(N)=NCc2ccc(O)c(F)c2)c1.I. The standard InChI is InChI=1S/C15H16FN3O2.HI/c1-21-12-4-2-3-11(8-12)19-15(17)18-9-10-5-6-14(20)13(16)7-10;/h2-8,20H,9H2,1H3,(H3,17,18,19);1H. The van der Waals surface area contributed by atoms with E-state index >= 15 is 0 Å². The van der Waals surface area contributed by atoms with Crippen molar-refractivity contribution in [3.05, 3.63) is 53.8 Å². The summed E-state index contributed by atoms with van der Waals surface area (Å²) in [6, 6.07) is 11.3. The first-order valence-electron chi connectivity index (χ1n) is 6.27. The van der Waals surface area contributed by atoms with Crippen LogP contribution in [0.2, 0.25) is 0 Å². The molecule has 0 atom stereocenters. The lowest BCUT2D eigenvalue weighted by atomic mass is 10.2. The van der Waals surface area contributed by atoms with Crippen LogP contribution < -0.4 is 15.8 Å². The number of ether oxygens (including phenoxy) is 1. The summed E-state index contributed by atoms with van der Waals surface area (Å²) in [5, 5.41) is 12.0. The highest BCUT2D eigenvalue weighted by Gasteiger charge is 2.02. The average Bonchev–Trinajstić information content (AvgIpc) is 2.48. The van der Waals surface area contributed by atoms with Gasteiger partial charge in [0.25, 0.3) is 0 Å². The first kappa shape index (κ1) is 18.0. The Morgan fingerprint density at radius 2 is 2.09 bits per heavy atom. The fraction of sp³-hybridized carbons (Fsp3) is 0.133. The zero-order valence-electron chi connectivity index (χ0n) is 11.9. The van der Waals surface area contributed by atoms with Crippen LogP contribution in [0.25, 0.3) is 0 Å². The first-order valence-corrected chi connectivity index (χ1v) is 6.27. The molecule has 0 aliphatic carbocycles. The quantitative estimate of drug-likeness (QED) is 0.406. The number of aromatic hydroxyl groups is 1. The van der Waals surface area contributed by atoms with Gasteiger partial charge in [0, 0.05) is 11.8 Å². The second-order valence-electron chi connectivity index (χ2n) is 4.34. The molecular formula is C15H17FIN3O2. The molecule has 0 heterocycles. The fourth-order valence-electron chi connectivity index (χ4n) is 1.71. The summed E-state index contributed by atoms with van der Waals surface area (Å²) in [6.07, 6.45) is 0. The normalized spacial score (nSPS) is 10.7. The van der Waals surface area contributed by atoms with Gasteiger partial charge in [0.05, 0.1) is 13.7 Å². The lowest BCUT2D eigenvalue weighted by Gasteiger charge is -2.07. The predicted molar refractivity (Wildman–Crippen MR) is 95.4 cm³/mol. The number of benzene rings is 2. The molecule has 2 rings (SSSR count). The van der Waals surface area contributed by atoms with Crippen molar-refractivity contribution in [3.63, 3.8) is 0 Å². The maximum absolute atomic E-state index is 13.2. The molecule has 0 saturated heterocycles. The average molecular weight is 417 g/mol. The fourth-order valence-corrected chi connectivity index (χ4v) is 1.71. The molecule has 0 aromatic heterocycles. The molecule has 0 radical (unpaired) electrons. The van der Waals surface area contributed by atoms with Crippen molar-refractivity contribution in [2.24, 2.45) is 10.7 Å². The summed E-state index contributed by atoms with van der Waals surface area (Å²) >= 11 is 0. The van der Waals surface area contributed by atoms with E-state index in [2.05, 4.69) is 10.3 Å². The lowest BCUT2D eigenvalue weighted by molar-refractivity contribution is 0.415. The molecule has 0 aliphatic heterocycles. The maximum Gasteiger partial charge on any atom is 0.193 e. The minimum Gasteiger partial charge on any atom is -0.505 e. The number of methoxy groups -OCH3 is 1. The van der Waals surface area contributed by atoms with Crippen molar-refractivity contribution in [1.29, 1.82) is 0 Å². The third kappa shape index (κ3) is 5.06. The number of nitrogens with two attached hydrogens (primary N) is 1. The molecule has 0 aliphatic rings. The lowest BCUT2D eigenvalue weighted by Crippen LogP contribution is -2.22. The molecule has 2 aromatic carbocycles. The van der Waals surface area contributed by atoms with Crippen LogP contribution in [0, 0.1) is 5.82 Å². The van der Waals surface area contributed by atoms with Gasteiger partial charge in [-0.05, 0) is 29.8 Å². The smallest absolute Gasteiger partial charge is 0.193 e. The van der Waals surface area contributed by atoms with E-state index in [1.807, 2.05) is 18.2 Å². The first-order chi connectivity index (χ1) is 10.1. The van der Waals surface area contributed by atoms with Crippen LogP contribution in [0.1, 0.15) is 5.56 Å². The highest BCUT2D eigenvalue weighted by atomic mass is 127. The highest BCUT2D eigenvalue weighted by Crippen LogP contribution is 2.17. The Kier molecular flexibility index (Phi) is 6.90. The molecule has 0 amide bonds. The molecule has 7 heteroatoms. The minimum atomic E-state index is -0.679. The number of aliphatic imine (C=N–C) groups is 1. The summed E-state index contributed by atoms with van der Waals surface area (Å²) in [7, 11) is 1.58. The Labute approximate surface area is 145 Å². The van der Waals surface area contributed by atoms with Crippen LogP contribution in [0.15, 0.2) is 47.5 Å². The van der Waals surface area contributed by atoms with Crippen LogP contribution in [0.5, 0.6) is 11.5 Å². The number of hydrogen-bond acceptors (Lipinski definition) is 3. The Balaban J connectivity index is 0.00000242. The number of hydrogen-bond donors (Lipinski definition) is 3. The van der Waals surface area contributed by atoms with E-state index in [0.29, 0.717) is 11.3 Å². The molecule has 0 bridgehead atoms. The van der Waals surface area contributed by atoms with Crippen molar-refractivity contribution < 1.29 is 14.2 Å². The number of halogens is 2. The van der Waals surface area contributed by atoms with Crippen molar-refractivity contribution in [2.45, 2.75) is 6.54 Å². The van der Waals surface area contributed by atoms with Crippen LogP contribution in [0.3, 0.4) is 0 Å². The van der Waals surface area contributed by atoms with Crippen LogP contribution in [-0.2, 0) is 6.54 Å². The number of rotatable bonds is 4. The van der Waals surface area contributed by atoms with Gasteiger partial charge < -0.3 is 20.9 Å². The number of phenolic OH excluding ortho intramolecular Hbond substituents is 1. The second-order valence-corrected chi connectivity index (χ2v) is 4.34. The van der Waals surface area contributed by atoms with Gasteiger partial charge in [0.1, 0.15) is 5.75 Å². The molecule has 0 fully saturated rings. The van der Waals surface area contributed by atoms with Gasteiger partial charge in [-0.2, -0.15) is 0 Å². The number of guanidine groups is 1. The summed E-state index contributed by atoms with van der Waals surface area (Å²) < 4.78 is 18.3. The van der Waals surface area contributed by atoms with Crippen molar-refractivity contribution in [3.8, 4) is 11.5 Å². The summed E-state index contributed by atoms with van der Waals surface area (Å²) in [4.78, 5) is 4.11. The maximum atomic E-state index is 13.2. The van der Waals surface area contributed by atoms with Crippen molar-refractivity contribution >= 4 is 35.6 Å². The van der Waals surface area contributed by atoms with Crippen LogP contribution in [-0.4, -0.2) is 18.2 Å². The van der Waals surface area contributed by atoms with Crippen LogP contribution >= 0.6 is 24.0 Å². The molecule has 0 unspecified atom stereocenters. The summed E-state index contributed by atoms with van der Waals surface area (Å²) in [6.45, 7) is 0.208. The van der Waals surface area contributed by atoms with Crippen molar-refractivity contribution in [2.75, 3.05) is 12.4 Å². The molecule has 4 N–H and O–H groups in total. The highest BCUT2D eigenvalue weighted by molar-refractivity contribution is 14.0. The van der Waals surface area contributed by atoms with Gasteiger partial charge in [-0.15, -0.1) is 24.0 Å². The van der Waals surface area contributed by atoms with Gasteiger partial charge >= 0.3 is 0 Å². The van der Waals surface area contributed by atoms with E-state index in [1.54, 1.807) is 19.2 Å². The van der Waals surface area contributed by atoms with Crippen LogP contribution in [0.4, 0.5) is 10.1 Å². The van der Waals surface area contributed by atoms with E-state index in [0.717, 1.165) is 5.69 Å². The van der Waals surface area contributed by atoms with E-state index in [9.17, 15) is 4.39 Å². The molecule has 118 valence electrons. The predicted octanol–water partition coefficient (Wildman–Crippen LogP) is 3.08. The van der Waals surface area contributed by atoms with Gasteiger partial charge in [-0.3, -0.25) is 0 Å². The topological polar surface area (TPSA) is 79.9 Å². The Hall–Kier alpha value is -2.03. The summed E-state index contributed by atoms with van der Waals surface area (Å²) in [5.41, 5.74) is 7.12. The molecule has 22 heavy (non-hydrogen) atoms. The zero-order valence-corrected chi connectivity index (χ0v) is 14.2. The monoisotopic (exact) mass is 417 g/mol. The third-order valence-electron chi connectivity index (χ3n) is 2.79. The largest absolute Gasteiger partial charge is 0.505 e. The van der Waals surface area contributed by atoms with E-state index < -0.39 is 5.82 Å². The Morgan fingerprint density at radius 3 is 2.77 bits per heavy atom. The Bertz CT molecular complexity index is 665. The summed E-state index contributed by atoms with van der Waals surface area (Å²) in [5.74, 6) is -0.155. The van der Waals surface area contributed by atoms with Crippen molar-refractivity contribution in [1.82, 2.24) is 0 Å². The third-order valence-corrected chi connectivity index (χ3v) is 2.79. The molecule has 5 nitrogen and oxygen atoms in total. The minimum absolute atomic E-state index is 0. The van der Waals surface area contributed by atoms with E-state index in [1.165, 1.54) is 12.1 Å². The van der Waals surface area contributed by atoms with E-state index in [4.69, 9.17) is 15.6 Å². The molecule has 0 saturated carbocycles. The number of nitrogens with zero attached hydrogens (tertiary/aromatic N) is 1. The van der Waals surface area contributed by atoms with Gasteiger partial charge in [0.2, 0.25) is 0 Å². The number of anilines is 1. The van der Waals surface area contributed by atoms with E-state index in [-0.39, 0.29) is 42.2 Å². The van der Waals surface area contributed by atoms with Gasteiger partial charge in [-0.25, -0.2) is 9.38 Å². The zero-order chi connectivity index (χ0) is 15.2.